The van der Waals surface area contributed by atoms with Crippen molar-refractivity contribution in [3.05, 3.63) is 42.5 Å². The number of nitrogens with one attached hydrogen (secondary N) is 1. The monoisotopic (exact) mass is 267 g/mol. The van der Waals surface area contributed by atoms with Crippen molar-refractivity contribution in [1.82, 2.24) is 0 Å². The molecule has 20 heavy (non-hydrogen) atoms. The first kappa shape index (κ1) is 13.5. The van der Waals surface area contributed by atoms with Crippen molar-refractivity contribution in [2.75, 3.05) is 5.32 Å². The Morgan fingerprint density at radius 3 is 2.30 bits per heavy atom. The molecule has 0 heterocycles. The van der Waals surface area contributed by atoms with Crippen LogP contribution in [0.2, 0.25) is 0 Å². The quantitative estimate of drug-likeness (QED) is 0.778. The molecule has 1 saturated carbocycles. The molecule has 2 aromatic rings. The van der Waals surface area contributed by atoms with Gasteiger partial charge in [0, 0.05) is 11.7 Å². The van der Waals surface area contributed by atoms with Crippen molar-refractivity contribution >= 4 is 16.5 Å². The lowest BCUT2D eigenvalue weighted by atomic mass is 9.79. The van der Waals surface area contributed by atoms with Gasteiger partial charge in [-0.25, -0.2) is 0 Å². The normalized spacial score (nSPS) is 23.1. The lowest BCUT2D eigenvalue weighted by Gasteiger charge is -2.31. The highest BCUT2D eigenvalue weighted by molar-refractivity contribution is 5.85. The van der Waals surface area contributed by atoms with Crippen LogP contribution in [0.3, 0.4) is 0 Å². The Kier molecular flexibility index (Phi) is 3.95. The number of rotatable bonds is 3. The number of fused-ring (bicyclic) bond motifs is 1. The van der Waals surface area contributed by atoms with Crippen LogP contribution in [0.1, 0.15) is 39.5 Å². The van der Waals surface area contributed by atoms with Gasteiger partial charge in [-0.15, -0.1) is 0 Å². The fourth-order valence-corrected chi connectivity index (χ4v) is 3.45. The predicted octanol–water partition coefficient (Wildman–Crippen LogP) is 5.47. The summed E-state index contributed by atoms with van der Waals surface area (Å²) in [7, 11) is 0. The molecule has 2 aromatic carbocycles. The Bertz CT molecular complexity index is 565. The maximum atomic E-state index is 3.73. The number of benzene rings is 2. The number of hydrogen-bond donors (Lipinski definition) is 1. The molecule has 1 aliphatic carbocycles. The van der Waals surface area contributed by atoms with Crippen molar-refractivity contribution in [3.8, 4) is 0 Å². The minimum atomic E-state index is 0.658. The predicted molar refractivity (Wildman–Crippen MR) is 88.2 cm³/mol. The zero-order chi connectivity index (χ0) is 13.9. The Labute approximate surface area is 122 Å². The molecule has 0 amide bonds. The molecule has 1 aliphatic rings. The van der Waals surface area contributed by atoms with Crippen LogP contribution in [0.15, 0.2) is 42.5 Å². The molecule has 0 unspecified atom stereocenters. The zero-order valence-corrected chi connectivity index (χ0v) is 12.6. The lowest BCUT2D eigenvalue weighted by molar-refractivity contribution is 0.267. The van der Waals surface area contributed by atoms with Crippen LogP contribution in [0, 0.1) is 11.8 Å². The van der Waals surface area contributed by atoms with Crippen molar-refractivity contribution in [2.24, 2.45) is 11.8 Å². The fourth-order valence-electron chi connectivity index (χ4n) is 3.45. The molecule has 0 aliphatic heterocycles. The van der Waals surface area contributed by atoms with Gasteiger partial charge >= 0.3 is 0 Å². The van der Waals surface area contributed by atoms with Gasteiger partial charge in [0.1, 0.15) is 0 Å². The molecular formula is C19H25N. The first-order valence-corrected chi connectivity index (χ1v) is 7.98. The van der Waals surface area contributed by atoms with Crippen LogP contribution in [0.4, 0.5) is 5.69 Å². The SMILES string of the molecule is CC(C)C1CCC(Nc2ccc3ccccc3c2)CC1. The van der Waals surface area contributed by atoms with Crippen molar-refractivity contribution in [1.29, 1.82) is 0 Å². The van der Waals surface area contributed by atoms with E-state index in [1.807, 2.05) is 0 Å². The van der Waals surface area contributed by atoms with Gasteiger partial charge in [0.15, 0.2) is 0 Å². The van der Waals surface area contributed by atoms with Crippen LogP contribution in [0.25, 0.3) is 10.8 Å². The van der Waals surface area contributed by atoms with Gasteiger partial charge in [-0.2, -0.15) is 0 Å². The second-order valence-corrected chi connectivity index (χ2v) is 6.56. The van der Waals surface area contributed by atoms with Gasteiger partial charge in [-0.3, -0.25) is 0 Å². The molecule has 3 rings (SSSR count). The van der Waals surface area contributed by atoms with Crippen LogP contribution in [-0.2, 0) is 0 Å². The number of hydrogen-bond acceptors (Lipinski definition) is 1. The number of anilines is 1. The summed E-state index contributed by atoms with van der Waals surface area (Å²) < 4.78 is 0. The van der Waals surface area contributed by atoms with E-state index in [0.717, 1.165) is 11.8 Å². The molecule has 0 bridgehead atoms. The minimum absolute atomic E-state index is 0.658. The Hall–Kier alpha value is -1.50. The second-order valence-electron chi connectivity index (χ2n) is 6.56. The Morgan fingerprint density at radius 1 is 0.900 bits per heavy atom. The summed E-state index contributed by atoms with van der Waals surface area (Å²) in [6.45, 7) is 4.73. The molecule has 0 atom stereocenters. The van der Waals surface area contributed by atoms with Crippen LogP contribution < -0.4 is 5.32 Å². The smallest absolute Gasteiger partial charge is 0.0348 e. The van der Waals surface area contributed by atoms with Crippen molar-refractivity contribution in [2.45, 2.75) is 45.6 Å². The van der Waals surface area contributed by atoms with Crippen molar-refractivity contribution < 1.29 is 0 Å². The summed E-state index contributed by atoms with van der Waals surface area (Å²) >= 11 is 0. The average molecular weight is 267 g/mol. The summed E-state index contributed by atoms with van der Waals surface area (Å²) in [5.41, 5.74) is 1.27. The van der Waals surface area contributed by atoms with Gasteiger partial charge in [0.2, 0.25) is 0 Å². The summed E-state index contributed by atoms with van der Waals surface area (Å²) in [6, 6.07) is 16.0. The summed E-state index contributed by atoms with van der Waals surface area (Å²) in [5, 5.41) is 6.38. The van der Waals surface area contributed by atoms with Crippen molar-refractivity contribution in [3.63, 3.8) is 0 Å². The minimum Gasteiger partial charge on any atom is -0.382 e. The van der Waals surface area contributed by atoms with E-state index in [1.165, 1.54) is 42.1 Å². The average Bonchev–Trinajstić information content (AvgIpc) is 2.48. The molecule has 0 radical (unpaired) electrons. The summed E-state index contributed by atoms with van der Waals surface area (Å²) in [5.74, 6) is 1.78. The topological polar surface area (TPSA) is 12.0 Å². The van der Waals surface area contributed by atoms with E-state index in [0.29, 0.717) is 6.04 Å². The standard InChI is InChI=1S/C19H25N/c1-14(2)15-7-10-18(11-8-15)20-19-12-9-16-5-3-4-6-17(16)13-19/h3-6,9,12-15,18,20H,7-8,10-11H2,1-2H3. The largest absolute Gasteiger partial charge is 0.382 e. The maximum absolute atomic E-state index is 3.73. The van der Waals surface area contributed by atoms with E-state index in [4.69, 9.17) is 0 Å². The first-order valence-electron chi connectivity index (χ1n) is 7.98. The van der Waals surface area contributed by atoms with Crippen LogP contribution in [-0.4, -0.2) is 6.04 Å². The molecule has 0 saturated heterocycles. The Morgan fingerprint density at radius 2 is 1.60 bits per heavy atom. The molecule has 1 nitrogen and oxygen atoms in total. The van der Waals surface area contributed by atoms with Gasteiger partial charge < -0.3 is 5.32 Å². The van der Waals surface area contributed by atoms with Crippen LogP contribution in [0.5, 0.6) is 0 Å². The van der Waals surface area contributed by atoms with E-state index < -0.39 is 0 Å². The van der Waals surface area contributed by atoms with Gasteiger partial charge in [-0.1, -0.05) is 44.2 Å². The molecule has 106 valence electrons. The zero-order valence-electron chi connectivity index (χ0n) is 12.6. The maximum Gasteiger partial charge on any atom is 0.0348 e. The van der Waals surface area contributed by atoms with E-state index in [1.54, 1.807) is 0 Å². The highest BCUT2D eigenvalue weighted by Gasteiger charge is 2.22. The summed E-state index contributed by atoms with van der Waals surface area (Å²) in [6.07, 6.45) is 5.39. The van der Waals surface area contributed by atoms with Crippen LogP contribution >= 0.6 is 0 Å². The molecule has 1 heteroatoms. The summed E-state index contributed by atoms with van der Waals surface area (Å²) in [4.78, 5) is 0. The molecule has 0 spiro atoms. The van der Waals surface area contributed by atoms with Gasteiger partial charge in [0.25, 0.3) is 0 Å². The fraction of sp³-hybridized carbons (Fsp3) is 0.474. The Balaban J connectivity index is 1.65. The van der Waals surface area contributed by atoms with E-state index in [2.05, 4.69) is 61.6 Å². The highest BCUT2D eigenvalue weighted by atomic mass is 14.9. The molecule has 1 fully saturated rings. The van der Waals surface area contributed by atoms with E-state index in [-0.39, 0.29) is 0 Å². The first-order chi connectivity index (χ1) is 9.72. The third kappa shape index (κ3) is 2.98. The highest BCUT2D eigenvalue weighted by Crippen LogP contribution is 2.31. The van der Waals surface area contributed by atoms with E-state index in [9.17, 15) is 0 Å². The third-order valence-corrected chi connectivity index (χ3v) is 4.83. The van der Waals surface area contributed by atoms with E-state index >= 15 is 0 Å². The van der Waals surface area contributed by atoms with Gasteiger partial charge in [0.05, 0.1) is 0 Å². The molecular weight excluding hydrogens is 242 g/mol. The lowest BCUT2D eigenvalue weighted by Crippen LogP contribution is -2.27. The van der Waals surface area contributed by atoms with Gasteiger partial charge in [-0.05, 0) is 60.4 Å². The molecule has 1 N–H and O–H groups in total. The molecule has 0 aromatic heterocycles. The second kappa shape index (κ2) is 5.87. The third-order valence-electron chi connectivity index (χ3n) is 4.83.